The smallest absolute Gasteiger partial charge is 0.224 e. The van der Waals surface area contributed by atoms with Crippen molar-refractivity contribution in [3.05, 3.63) is 29.5 Å². The first-order chi connectivity index (χ1) is 10.1. The Hall–Kier alpha value is -1.39. The lowest BCUT2D eigenvalue weighted by Crippen LogP contribution is -2.47. The Morgan fingerprint density at radius 3 is 2.62 bits per heavy atom. The number of hydrogen-bond acceptors (Lipinski definition) is 4. The molecule has 2 aromatic rings. The van der Waals surface area contributed by atoms with Crippen LogP contribution in [0.3, 0.4) is 0 Å². The van der Waals surface area contributed by atoms with Gasteiger partial charge in [0.15, 0.2) is 0 Å². The molecule has 3 rings (SSSR count). The van der Waals surface area contributed by atoms with Crippen LogP contribution in [0.4, 0.5) is 5.82 Å². The molecule has 0 unspecified atom stereocenters. The van der Waals surface area contributed by atoms with E-state index in [1.807, 2.05) is 24.3 Å². The van der Waals surface area contributed by atoms with Crippen LogP contribution < -0.4 is 5.32 Å². The highest BCUT2D eigenvalue weighted by molar-refractivity contribution is 6.28. The van der Waals surface area contributed by atoms with Gasteiger partial charge in [-0.15, -0.1) is 0 Å². The molecule has 1 N–H and O–H groups in total. The second-order valence-corrected chi connectivity index (χ2v) is 6.38. The van der Waals surface area contributed by atoms with Crippen molar-refractivity contribution in [2.45, 2.75) is 31.2 Å². The molecule has 1 heterocycles. The van der Waals surface area contributed by atoms with Crippen molar-refractivity contribution < 1.29 is 0 Å². The molecular formula is C16H21ClN4. The summed E-state index contributed by atoms with van der Waals surface area (Å²) in [6.45, 7) is 0.886. The van der Waals surface area contributed by atoms with Crippen LogP contribution in [-0.4, -0.2) is 41.0 Å². The number of fused-ring (bicyclic) bond motifs is 1. The van der Waals surface area contributed by atoms with E-state index in [0.717, 1.165) is 23.3 Å². The fourth-order valence-electron chi connectivity index (χ4n) is 3.25. The zero-order valence-corrected chi connectivity index (χ0v) is 13.3. The maximum atomic E-state index is 6.04. The molecular weight excluding hydrogens is 284 g/mol. The van der Waals surface area contributed by atoms with Crippen molar-refractivity contribution in [1.82, 2.24) is 14.9 Å². The average Bonchev–Trinajstić information content (AvgIpc) is 2.95. The topological polar surface area (TPSA) is 41.0 Å². The van der Waals surface area contributed by atoms with Gasteiger partial charge in [-0.3, -0.25) is 0 Å². The Morgan fingerprint density at radius 1 is 1.19 bits per heavy atom. The van der Waals surface area contributed by atoms with Crippen LogP contribution >= 0.6 is 11.6 Å². The second-order valence-electron chi connectivity index (χ2n) is 6.04. The van der Waals surface area contributed by atoms with Gasteiger partial charge in [-0.05, 0) is 50.7 Å². The van der Waals surface area contributed by atoms with E-state index in [9.17, 15) is 0 Å². The summed E-state index contributed by atoms with van der Waals surface area (Å²) in [5.41, 5.74) is 1.10. The third-order valence-electron chi connectivity index (χ3n) is 4.64. The maximum Gasteiger partial charge on any atom is 0.224 e. The van der Waals surface area contributed by atoms with Crippen LogP contribution in [0.5, 0.6) is 0 Å². The molecule has 0 saturated heterocycles. The first kappa shape index (κ1) is 14.5. The molecule has 5 heteroatoms. The number of halogens is 1. The quantitative estimate of drug-likeness (QED) is 0.877. The van der Waals surface area contributed by atoms with Gasteiger partial charge in [0.1, 0.15) is 5.82 Å². The van der Waals surface area contributed by atoms with Crippen molar-refractivity contribution in [3.63, 3.8) is 0 Å². The monoisotopic (exact) mass is 304 g/mol. The van der Waals surface area contributed by atoms with Crippen LogP contribution in [-0.2, 0) is 0 Å². The summed E-state index contributed by atoms with van der Waals surface area (Å²) < 4.78 is 0. The van der Waals surface area contributed by atoms with Crippen LogP contribution in [0.2, 0.25) is 5.28 Å². The van der Waals surface area contributed by atoms with Gasteiger partial charge in [-0.25, -0.2) is 9.97 Å². The number of nitrogens with zero attached hydrogens (tertiary/aromatic N) is 3. The number of nitrogens with one attached hydrogen (secondary N) is 1. The van der Waals surface area contributed by atoms with Crippen LogP contribution in [0.1, 0.15) is 25.7 Å². The molecule has 0 radical (unpaired) electrons. The number of likely N-dealkylation sites (N-methyl/N-ethyl adjacent to an activating group) is 1. The summed E-state index contributed by atoms with van der Waals surface area (Å²) in [5.74, 6) is 0.832. The summed E-state index contributed by atoms with van der Waals surface area (Å²) >= 11 is 6.04. The van der Waals surface area contributed by atoms with Gasteiger partial charge < -0.3 is 10.2 Å². The van der Waals surface area contributed by atoms with E-state index in [0.29, 0.717) is 5.28 Å². The van der Waals surface area contributed by atoms with Gasteiger partial charge >= 0.3 is 0 Å². The van der Waals surface area contributed by atoms with Gasteiger partial charge in [-0.1, -0.05) is 25.0 Å². The Kier molecular flexibility index (Phi) is 4.00. The minimum Gasteiger partial charge on any atom is -0.368 e. The van der Waals surface area contributed by atoms with Crippen LogP contribution in [0, 0.1) is 0 Å². The Bertz CT molecular complexity index is 635. The predicted octanol–water partition coefficient (Wildman–Crippen LogP) is 3.57. The minimum atomic E-state index is 0.221. The van der Waals surface area contributed by atoms with E-state index in [-0.39, 0.29) is 5.54 Å². The molecule has 1 aromatic carbocycles. The van der Waals surface area contributed by atoms with Gasteiger partial charge in [0, 0.05) is 17.5 Å². The predicted molar refractivity (Wildman–Crippen MR) is 87.9 cm³/mol. The van der Waals surface area contributed by atoms with Gasteiger partial charge in [-0.2, -0.15) is 0 Å². The fourth-order valence-corrected chi connectivity index (χ4v) is 3.42. The molecule has 1 fully saturated rings. The zero-order valence-electron chi connectivity index (χ0n) is 12.6. The SMILES string of the molecule is CN(C)C1(CNc2nc(Cl)nc3ccccc23)CCCC1. The zero-order chi connectivity index (χ0) is 14.9. The number of benzene rings is 1. The third kappa shape index (κ3) is 2.83. The lowest BCUT2D eigenvalue weighted by Gasteiger charge is -2.36. The Balaban J connectivity index is 1.88. The Morgan fingerprint density at radius 2 is 1.90 bits per heavy atom. The summed E-state index contributed by atoms with van der Waals surface area (Å²) in [6, 6.07) is 7.96. The standard InChI is InChI=1S/C16H21ClN4/c1-21(2)16(9-5-6-10-16)11-18-14-12-7-3-4-8-13(12)19-15(17)20-14/h3-4,7-8H,5-6,9-11H2,1-2H3,(H,18,19,20). The summed E-state index contributed by atoms with van der Waals surface area (Å²) in [5, 5.41) is 4.83. The molecule has 1 aliphatic carbocycles. The molecule has 0 bridgehead atoms. The molecule has 0 atom stereocenters. The molecule has 1 aliphatic rings. The van der Waals surface area contributed by atoms with E-state index in [1.165, 1.54) is 25.7 Å². The van der Waals surface area contributed by atoms with Gasteiger partial charge in [0.2, 0.25) is 5.28 Å². The largest absolute Gasteiger partial charge is 0.368 e. The van der Waals surface area contributed by atoms with Crippen molar-refractivity contribution in [2.24, 2.45) is 0 Å². The molecule has 21 heavy (non-hydrogen) atoms. The minimum absolute atomic E-state index is 0.221. The molecule has 112 valence electrons. The van der Waals surface area contributed by atoms with Crippen LogP contribution in [0.25, 0.3) is 10.9 Å². The number of hydrogen-bond donors (Lipinski definition) is 1. The van der Waals surface area contributed by atoms with Crippen molar-refractivity contribution in [1.29, 1.82) is 0 Å². The van der Waals surface area contributed by atoms with Crippen LogP contribution in [0.15, 0.2) is 24.3 Å². The first-order valence-corrected chi connectivity index (χ1v) is 7.82. The Labute approximate surface area is 130 Å². The highest BCUT2D eigenvalue weighted by atomic mass is 35.5. The molecule has 0 spiro atoms. The second kappa shape index (κ2) is 5.78. The molecule has 0 aliphatic heterocycles. The number of para-hydroxylation sites is 1. The van der Waals surface area contributed by atoms with E-state index in [4.69, 9.17) is 11.6 Å². The molecule has 1 saturated carbocycles. The normalized spacial score (nSPS) is 17.5. The van der Waals surface area contributed by atoms with Crippen molar-refractivity contribution >= 4 is 28.3 Å². The highest BCUT2D eigenvalue weighted by Gasteiger charge is 2.35. The van der Waals surface area contributed by atoms with E-state index >= 15 is 0 Å². The average molecular weight is 305 g/mol. The molecule has 4 nitrogen and oxygen atoms in total. The first-order valence-electron chi connectivity index (χ1n) is 7.44. The van der Waals surface area contributed by atoms with E-state index < -0.39 is 0 Å². The highest BCUT2D eigenvalue weighted by Crippen LogP contribution is 2.34. The van der Waals surface area contributed by atoms with Crippen molar-refractivity contribution in [2.75, 3.05) is 26.0 Å². The van der Waals surface area contributed by atoms with Gasteiger partial charge in [0.25, 0.3) is 0 Å². The number of aromatic nitrogens is 2. The maximum absolute atomic E-state index is 6.04. The number of anilines is 1. The molecule has 0 amide bonds. The molecule has 1 aromatic heterocycles. The van der Waals surface area contributed by atoms with E-state index in [2.05, 4.69) is 34.3 Å². The fraction of sp³-hybridized carbons (Fsp3) is 0.500. The number of rotatable bonds is 4. The summed E-state index contributed by atoms with van der Waals surface area (Å²) in [6.07, 6.45) is 5.05. The van der Waals surface area contributed by atoms with Crippen molar-refractivity contribution in [3.8, 4) is 0 Å². The van der Waals surface area contributed by atoms with E-state index in [1.54, 1.807) is 0 Å². The summed E-state index contributed by atoms with van der Waals surface area (Å²) in [4.78, 5) is 11.0. The lowest BCUT2D eigenvalue weighted by molar-refractivity contribution is 0.172. The van der Waals surface area contributed by atoms with Gasteiger partial charge in [0.05, 0.1) is 5.52 Å². The lowest BCUT2D eigenvalue weighted by atomic mass is 9.96. The summed E-state index contributed by atoms with van der Waals surface area (Å²) in [7, 11) is 4.33. The third-order valence-corrected chi connectivity index (χ3v) is 4.81.